The predicted molar refractivity (Wildman–Crippen MR) is 329 cm³/mol. The fraction of sp³-hybridized carbons (Fsp3) is 0.588. The number of methoxy groups -OCH3 is 2. The molecule has 2 unspecified atom stereocenters. The number of aliphatic carboxylic acids is 1. The highest BCUT2D eigenvalue weighted by Crippen LogP contribution is 2.40. The summed E-state index contributed by atoms with van der Waals surface area (Å²) < 4.78 is 64.4. The standard InChI is InChI=1S/C34H47F2N3O4.C26H36F2N2O.C8H13NO4/c1-33(2,3)24-10-8-11-25(19-24)34(13-6-5-7-14-34)37-21-30(40)28(18-23-16-26(35)20-27(36)17-23)38-32(42)29-12-9-15-39(29)22-31(41)43-4;1-25(2,3)19-8-7-9-20(15-19)26(10-5-4-6-11-26)30-17-24(31)23(29)14-18-12-21(27)16-22(28)13-18;1-13-7(10)5-9-4-2-3-6(9)8(11)12/h8,10-11,16-17,19-20,28-30,37,40H,5-7,9,12-15,18,21-22H2,1-4H3,(H,38,42);7-9,12-13,15-16,23-24,30-31H,4-6,10-11,14,17,29H2,1-3H3;6H,2-5H2,1H3,(H,11,12)/t28-,29?,30+;23-,24+;/m00./s1. The van der Waals surface area contributed by atoms with Gasteiger partial charge in [-0.1, -0.05) is 129 Å². The molecule has 4 aromatic carbocycles. The van der Waals surface area contributed by atoms with E-state index in [9.17, 15) is 47.0 Å². The maximum atomic E-state index is 14.1. The molecule has 6 atom stereocenters. The molecule has 1 amide bonds. The molecule has 2 aliphatic heterocycles. The number of nitrogens with one attached hydrogen (secondary N) is 3. The number of hydrogen-bond donors (Lipinski definition) is 7. The van der Waals surface area contributed by atoms with Gasteiger partial charge in [-0.15, -0.1) is 0 Å². The molecule has 4 aliphatic rings. The van der Waals surface area contributed by atoms with Crippen LogP contribution in [0.2, 0.25) is 0 Å². The van der Waals surface area contributed by atoms with Crippen LogP contribution in [0.15, 0.2) is 84.9 Å². The summed E-state index contributed by atoms with van der Waals surface area (Å²) in [5.74, 6) is -4.68. The third-order valence-electron chi connectivity index (χ3n) is 17.8. The van der Waals surface area contributed by atoms with Crippen molar-refractivity contribution in [2.24, 2.45) is 5.73 Å². The SMILES string of the molecule is CC(C)(C)c1cccc(C2(NC[C@@H](O)[C@@H](N)Cc3cc(F)cc(F)c3)CCCCC2)c1.COC(=O)CN1CCCC1C(=O)N[C@@H](Cc1cc(F)cc(F)c1)[C@H](O)CNC1(c2cccc(C(C)(C)C)c2)CCCCC1.COC(=O)CN1CCCC1C(=O)O. The van der Waals surface area contributed by atoms with Gasteiger partial charge in [-0.2, -0.15) is 0 Å². The predicted octanol–water partition coefficient (Wildman–Crippen LogP) is 9.39. The number of carbonyl (C=O) groups excluding carboxylic acids is 3. The van der Waals surface area contributed by atoms with Crippen molar-refractivity contribution in [3.05, 3.63) is 142 Å². The number of nitrogens with zero attached hydrogens (tertiary/aromatic N) is 2. The normalized spacial score (nSPS) is 20.1. The number of benzene rings is 4. The molecule has 0 bridgehead atoms. The van der Waals surface area contributed by atoms with E-state index in [1.807, 2.05) is 0 Å². The van der Waals surface area contributed by atoms with Gasteiger partial charge in [0.25, 0.3) is 0 Å². The smallest absolute Gasteiger partial charge is 0.320 e. The number of carboxylic acid groups (broad SMARTS) is 1. The second kappa shape index (κ2) is 32.1. The van der Waals surface area contributed by atoms with Crippen molar-refractivity contribution in [1.29, 1.82) is 0 Å². The first kappa shape index (κ1) is 70.3. The maximum Gasteiger partial charge on any atom is 0.320 e. The third kappa shape index (κ3) is 20.6. The number of aliphatic hydroxyl groups is 2. The average Bonchev–Trinajstić information content (AvgIpc) is 2.01. The minimum atomic E-state index is -1.05. The fourth-order valence-corrected chi connectivity index (χ4v) is 12.7. The second-order valence-corrected chi connectivity index (χ2v) is 26.3. The van der Waals surface area contributed by atoms with Gasteiger partial charge < -0.3 is 46.5 Å². The van der Waals surface area contributed by atoms with E-state index in [-0.39, 0.29) is 66.3 Å². The number of aliphatic hydroxyl groups excluding tert-OH is 2. The number of halogens is 4. The highest BCUT2D eigenvalue weighted by atomic mass is 19.1. The summed E-state index contributed by atoms with van der Waals surface area (Å²) in [6.07, 6.45) is 11.8. The van der Waals surface area contributed by atoms with Crippen molar-refractivity contribution in [1.82, 2.24) is 25.8 Å². The van der Waals surface area contributed by atoms with E-state index in [1.54, 1.807) is 9.80 Å². The highest BCUT2D eigenvalue weighted by Gasteiger charge is 2.39. The first-order valence-electron chi connectivity index (χ1n) is 31.0. The van der Waals surface area contributed by atoms with Gasteiger partial charge in [0.2, 0.25) is 5.91 Å². The molecule has 19 heteroatoms. The van der Waals surface area contributed by atoms with Gasteiger partial charge >= 0.3 is 17.9 Å². The number of ether oxygens (including phenoxy) is 2. The Bertz CT molecular complexity index is 2850. The molecule has 8 rings (SSSR count). The molecule has 2 saturated carbocycles. The zero-order valence-corrected chi connectivity index (χ0v) is 52.4. The quantitative estimate of drug-likeness (QED) is 0.0306. The van der Waals surface area contributed by atoms with Crippen LogP contribution in [0.1, 0.15) is 165 Å². The minimum Gasteiger partial charge on any atom is -0.480 e. The molecule has 2 aliphatic carbocycles. The summed E-state index contributed by atoms with van der Waals surface area (Å²) in [6, 6.07) is 21.5. The molecule has 480 valence electrons. The molecule has 4 fully saturated rings. The van der Waals surface area contributed by atoms with E-state index in [1.165, 1.54) is 67.2 Å². The van der Waals surface area contributed by atoms with Crippen LogP contribution in [0, 0.1) is 23.3 Å². The van der Waals surface area contributed by atoms with Gasteiger partial charge in [0, 0.05) is 42.3 Å². The topological polar surface area (TPSA) is 216 Å². The van der Waals surface area contributed by atoms with Crippen molar-refractivity contribution in [3.63, 3.8) is 0 Å². The Balaban J connectivity index is 0.000000238. The lowest BCUT2D eigenvalue weighted by atomic mass is 9.74. The largest absolute Gasteiger partial charge is 0.480 e. The number of hydrogen-bond acceptors (Lipinski definition) is 13. The van der Waals surface area contributed by atoms with Crippen molar-refractivity contribution in [2.45, 2.75) is 203 Å². The summed E-state index contributed by atoms with van der Waals surface area (Å²) in [4.78, 5) is 50.4. The van der Waals surface area contributed by atoms with Crippen LogP contribution in [0.3, 0.4) is 0 Å². The maximum absolute atomic E-state index is 14.1. The van der Waals surface area contributed by atoms with E-state index in [0.717, 1.165) is 82.8 Å². The molecule has 0 aromatic heterocycles. The van der Waals surface area contributed by atoms with Crippen LogP contribution in [0.4, 0.5) is 17.6 Å². The summed E-state index contributed by atoms with van der Waals surface area (Å²) in [5, 5.41) is 41.4. The third-order valence-corrected chi connectivity index (χ3v) is 17.8. The first-order valence-corrected chi connectivity index (χ1v) is 31.0. The number of nitrogens with two attached hydrogens (primary N) is 1. The van der Waals surface area contributed by atoms with Gasteiger partial charge in [-0.25, -0.2) is 17.6 Å². The molecule has 87 heavy (non-hydrogen) atoms. The van der Waals surface area contributed by atoms with E-state index < -0.39 is 71.6 Å². The van der Waals surface area contributed by atoms with E-state index in [0.29, 0.717) is 43.6 Å². The monoisotopic (exact) mass is 1220 g/mol. The van der Waals surface area contributed by atoms with Crippen molar-refractivity contribution >= 4 is 23.8 Å². The number of likely N-dealkylation sites (tertiary alicyclic amines) is 2. The molecular formula is C68H96F4N6O9. The Hall–Kier alpha value is -5.80. The van der Waals surface area contributed by atoms with E-state index in [2.05, 4.69) is 111 Å². The first-order chi connectivity index (χ1) is 41.1. The summed E-state index contributed by atoms with van der Waals surface area (Å²) >= 11 is 0. The highest BCUT2D eigenvalue weighted by molar-refractivity contribution is 5.83. The van der Waals surface area contributed by atoms with Gasteiger partial charge in [0.05, 0.1) is 51.6 Å². The number of carbonyl (C=O) groups is 4. The molecule has 8 N–H and O–H groups in total. The Labute approximate surface area is 512 Å². The number of amides is 1. The summed E-state index contributed by atoms with van der Waals surface area (Å²) in [6.45, 7) is 15.0. The van der Waals surface area contributed by atoms with Crippen LogP contribution in [0.25, 0.3) is 0 Å². The molecule has 4 aromatic rings. The lowest BCUT2D eigenvalue weighted by Crippen LogP contribution is -2.56. The Morgan fingerprint density at radius 3 is 1.40 bits per heavy atom. The summed E-state index contributed by atoms with van der Waals surface area (Å²) in [5.41, 5.74) is 11.5. The minimum absolute atomic E-state index is 0.00534. The molecular weight excluding hydrogens is 1120 g/mol. The Kier molecular flexibility index (Phi) is 25.9. The number of carboxylic acids is 1. The molecule has 2 heterocycles. The molecule has 15 nitrogen and oxygen atoms in total. The molecule has 2 saturated heterocycles. The number of esters is 2. The molecule has 0 radical (unpaired) electrons. The average molecular weight is 1220 g/mol. The zero-order chi connectivity index (χ0) is 63.7. The van der Waals surface area contributed by atoms with Crippen molar-refractivity contribution < 1.29 is 61.5 Å². The summed E-state index contributed by atoms with van der Waals surface area (Å²) in [7, 11) is 2.61. The van der Waals surface area contributed by atoms with Crippen molar-refractivity contribution in [3.8, 4) is 0 Å². The van der Waals surface area contributed by atoms with Gasteiger partial charge in [-0.05, 0) is 146 Å². The van der Waals surface area contributed by atoms with Gasteiger partial charge in [0.15, 0.2) is 0 Å². The lowest BCUT2D eigenvalue weighted by Gasteiger charge is -2.41. The van der Waals surface area contributed by atoms with Gasteiger partial charge in [0.1, 0.15) is 29.3 Å². The fourth-order valence-electron chi connectivity index (χ4n) is 12.7. The van der Waals surface area contributed by atoms with Crippen LogP contribution in [-0.4, -0.2) is 139 Å². The van der Waals surface area contributed by atoms with Gasteiger partial charge in [-0.3, -0.25) is 29.0 Å². The van der Waals surface area contributed by atoms with Crippen molar-refractivity contribution in [2.75, 3.05) is 53.5 Å². The van der Waals surface area contributed by atoms with E-state index in [4.69, 9.17) is 15.6 Å². The molecule has 0 spiro atoms. The number of rotatable bonds is 21. The van der Waals surface area contributed by atoms with E-state index >= 15 is 0 Å². The van der Waals surface area contributed by atoms with Crippen LogP contribution in [-0.2, 0) is 63.4 Å². The zero-order valence-electron chi connectivity index (χ0n) is 52.4. The second-order valence-electron chi connectivity index (χ2n) is 26.3. The van der Waals surface area contributed by atoms with Crippen LogP contribution in [0.5, 0.6) is 0 Å². The van der Waals surface area contributed by atoms with Crippen LogP contribution >= 0.6 is 0 Å². The van der Waals surface area contributed by atoms with Crippen LogP contribution < -0.4 is 21.7 Å². The Morgan fingerprint density at radius 1 is 0.586 bits per heavy atom. The Morgan fingerprint density at radius 2 is 0.989 bits per heavy atom. The lowest BCUT2D eigenvalue weighted by molar-refractivity contribution is -0.146.